The molecular formula is C17H30N2O4S. The third-order valence-corrected chi connectivity index (χ3v) is 7.42. The van der Waals surface area contributed by atoms with Gasteiger partial charge in [0.1, 0.15) is 0 Å². The Morgan fingerprint density at radius 3 is 2.67 bits per heavy atom. The summed E-state index contributed by atoms with van der Waals surface area (Å²) in [5.41, 5.74) is 0. The van der Waals surface area contributed by atoms with Gasteiger partial charge >= 0.3 is 0 Å². The van der Waals surface area contributed by atoms with Gasteiger partial charge in [-0.1, -0.05) is 6.42 Å². The van der Waals surface area contributed by atoms with E-state index in [1.54, 1.807) is 0 Å². The van der Waals surface area contributed by atoms with E-state index in [1.165, 1.54) is 6.42 Å². The van der Waals surface area contributed by atoms with Crippen molar-refractivity contribution in [2.45, 2.75) is 63.6 Å². The first-order valence-corrected chi connectivity index (χ1v) is 11.1. The number of rotatable bonds is 5. The lowest BCUT2D eigenvalue weighted by molar-refractivity contribution is -0.137. The van der Waals surface area contributed by atoms with E-state index in [0.29, 0.717) is 25.6 Å². The monoisotopic (exact) mass is 358 g/mol. The maximum atomic E-state index is 13.0. The highest BCUT2D eigenvalue weighted by molar-refractivity contribution is 7.91. The quantitative estimate of drug-likeness (QED) is 0.735. The van der Waals surface area contributed by atoms with Crippen LogP contribution in [0, 0.1) is 0 Å². The highest BCUT2D eigenvalue weighted by Gasteiger charge is 2.37. The highest BCUT2D eigenvalue weighted by Crippen LogP contribution is 2.23. The molecule has 0 aliphatic carbocycles. The number of hydrogen-bond acceptors (Lipinski definition) is 5. The molecule has 0 saturated carbocycles. The number of carbonyl (C=O) groups is 1. The first-order chi connectivity index (χ1) is 11.4. The zero-order valence-electron chi connectivity index (χ0n) is 14.7. The van der Waals surface area contributed by atoms with Crippen LogP contribution in [0.2, 0.25) is 0 Å². The number of nitrogens with zero attached hydrogens (tertiary/aromatic N) is 2. The van der Waals surface area contributed by atoms with Crippen LogP contribution in [0.3, 0.4) is 0 Å². The van der Waals surface area contributed by atoms with Gasteiger partial charge in [0.05, 0.1) is 24.2 Å². The van der Waals surface area contributed by atoms with Gasteiger partial charge < -0.3 is 9.64 Å². The summed E-state index contributed by atoms with van der Waals surface area (Å²) in [6, 6.07) is 0.256. The zero-order valence-corrected chi connectivity index (χ0v) is 15.5. The Morgan fingerprint density at radius 2 is 2.04 bits per heavy atom. The zero-order chi connectivity index (χ0) is 17.2. The lowest BCUT2D eigenvalue weighted by atomic mass is 10.0. The van der Waals surface area contributed by atoms with Gasteiger partial charge in [0, 0.05) is 25.2 Å². The van der Waals surface area contributed by atoms with Crippen molar-refractivity contribution in [3.05, 3.63) is 0 Å². The van der Waals surface area contributed by atoms with Crippen LogP contribution < -0.4 is 0 Å². The van der Waals surface area contributed by atoms with Gasteiger partial charge in [-0.05, 0) is 45.6 Å². The second kappa shape index (κ2) is 7.70. The van der Waals surface area contributed by atoms with Crippen LogP contribution in [0.25, 0.3) is 0 Å². The Bertz CT molecular complexity index is 545. The van der Waals surface area contributed by atoms with Crippen molar-refractivity contribution in [2.75, 3.05) is 37.7 Å². The Hall–Kier alpha value is -0.660. The van der Waals surface area contributed by atoms with Crippen molar-refractivity contribution in [2.24, 2.45) is 0 Å². The van der Waals surface area contributed by atoms with Crippen LogP contribution in [0.5, 0.6) is 0 Å². The van der Waals surface area contributed by atoms with Crippen molar-refractivity contribution >= 4 is 15.7 Å². The summed E-state index contributed by atoms with van der Waals surface area (Å²) >= 11 is 0. The maximum Gasteiger partial charge on any atom is 0.237 e. The van der Waals surface area contributed by atoms with Crippen LogP contribution >= 0.6 is 0 Å². The lowest BCUT2D eigenvalue weighted by Gasteiger charge is -2.36. The Balaban J connectivity index is 1.66. The molecule has 0 aromatic heterocycles. The van der Waals surface area contributed by atoms with Gasteiger partial charge in [-0.3, -0.25) is 9.69 Å². The van der Waals surface area contributed by atoms with Gasteiger partial charge in [-0.2, -0.15) is 0 Å². The lowest BCUT2D eigenvalue weighted by Crippen LogP contribution is -2.51. The molecule has 3 fully saturated rings. The summed E-state index contributed by atoms with van der Waals surface area (Å²) in [5.74, 6) is 0.384. The van der Waals surface area contributed by atoms with E-state index in [-0.39, 0.29) is 29.6 Å². The molecule has 3 heterocycles. The first-order valence-electron chi connectivity index (χ1n) is 9.30. The Morgan fingerprint density at radius 1 is 1.21 bits per heavy atom. The van der Waals surface area contributed by atoms with Gasteiger partial charge in [0.15, 0.2) is 9.84 Å². The molecule has 0 aromatic carbocycles. The third kappa shape index (κ3) is 4.49. The van der Waals surface area contributed by atoms with Crippen molar-refractivity contribution in [1.82, 2.24) is 9.80 Å². The largest absolute Gasteiger partial charge is 0.376 e. The molecule has 0 aromatic rings. The van der Waals surface area contributed by atoms with Crippen LogP contribution in [-0.4, -0.2) is 80.1 Å². The average molecular weight is 359 g/mol. The van der Waals surface area contributed by atoms with Crippen LogP contribution in [-0.2, 0) is 19.4 Å². The summed E-state index contributed by atoms with van der Waals surface area (Å²) < 4.78 is 29.4. The van der Waals surface area contributed by atoms with Gasteiger partial charge in [0.2, 0.25) is 5.91 Å². The van der Waals surface area contributed by atoms with E-state index in [1.807, 2.05) is 4.90 Å². The molecule has 0 N–H and O–H groups in total. The molecule has 0 radical (unpaired) electrons. The van der Waals surface area contributed by atoms with Crippen molar-refractivity contribution in [3.8, 4) is 0 Å². The molecule has 138 valence electrons. The average Bonchev–Trinajstić information content (AvgIpc) is 3.16. The van der Waals surface area contributed by atoms with E-state index in [4.69, 9.17) is 4.74 Å². The molecule has 3 saturated heterocycles. The standard InChI is InChI=1S/C17H30N2O4S/c1-14-5-2-3-8-18(14)12-17(20)19(11-16-6-4-9-23-16)15-7-10-24(21,22)13-15/h14-16H,2-13H2,1H3/t14-,15+,16+/m1/s1. The summed E-state index contributed by atoms with van der Waals surface area (Å²) in [6.45, 7) is 4.84. The number of carbonyl (C=O) groups excluding carboxylic acids is 1. The SMILES string of the molecule is C[C@@H]1CCCCN1CC(=O)N(C[C@@H]1CCCO1)[C@H]1CCS(=O)(=O)C1. The molecule has 3 rings (SSSR count). The minimum Gasteiger partial charge on any atom is -0.376 e. The topological polar surface area (TPSA) is 66.9 Å². The molecule has 1 amide bonds. The Labute approximate surface area is 145 Å². The van der Waals surface area contributed by atoms with Crippen molar-refractivity contribution < 1.29 is 17.9 Å². The summed E-state index contributed by atoms with van der Waals surface area (Å²) in [4.78, 5) is 17.0. The van der Waals surface area contributed by atoms with Crippen LogP contribution in [0.15, 0.2) is 0 Å². The Kier molecular flexibility index (Phi) is 5.82. The number of likely N-dealkylation sites (tertiary alicyclic amines) is 1. The van der Waals surface area contributed by atoms with Crippen LogP contribution in [0.4, 0.5) is 0 Å². The van der Waals surface area contributed by atoms with E-state index < -0.39 is 9.84 Å². The van der Waals surface area contributed by atoms with Gasteiger partial charge in [-0.15, -0.1) is 0 Å². The van der Waals surface area contributed by atoms with E-state index >= 15 is 0 Å². The molecule has 6 nitrogen and oxygen atoms in total. The third-order valence-electron chi connectivity index (χ3n) is 5.67. The van der Waals surface area contributed by atoms with E-state index in [9.17, 15) is 13.2 Å². The second-order valence-corrected chi connectivity index (χ2v) is 9.78. The molecule has 0 spiro atoms. The molecule has 24 heavy (non-hydrogen) atoms. The maximum absolute atomic E-state index is 13.0. The summed E-state index contributed by atoms with van der Waals surface area (Å²) in [7, 11) is -3.00. The fraction of sp³-hybridized carbons (Fsp3) is 0.941. The number of sulfone groups is 1. The predicted molar refractivity (Wildman–Crippen MR) is 92.6 cm³/mol. The second-order valence-electron chi connectivity index (χ2n) is 7.55. The summed E-state index contributed by atoms with van der Waals surface area (Å²) in [5, 5.41) is 0. The highest BCUT2D eigenvalue weighted by atomic mass is 32.2. The molecule has 3 atom stereocenters. The molecule has 7 heteroatoms. The number of amides is 1. The van der Waals surface area contributed by atoms with Crippen LogP contribution in [0.1, 0.15) is 45.4 Å². The molecule has 0 bridgehead atoms. The molecule has 3 aliphatic heterocycles. The van der Waals surface area contributed by atoms with E-state index in [0.717, 1.165) is 38.8 Å². The van der Waals surface area contributed by atoms with Crippen molar-refractivity contribution in [3.63, 3.8) is 0 Å². The number of hydrogen-bond donors (Lipinski definition) is 0. The van der Waals surface area contributed by atoms with Gasteiger partial charge in [-0.25, -0.2) is 8.42 Å². The van der Waals surface area contributed by atoms with Crippen molar-refractivity contribution in [1.29, 1.82) is 0 Å². The smallest absolute Gasteiger partial charge is 0.237 e. The fourth-order valence-electron chi connectivity index (χ4n) is 4.14. The molecule has 0 unspecified atom stereocenters. The van der Waals surface area contributed by atoms with E-state index in [2.05, 4.69) is 11.8 Å². The number of ether oxygens (including phenoxy) is 1. The summed E-state index contributed by atoms with van der Waals surface area (Å²) in [6.07, 6.45) is 6.12. The normalized spacial score (nSPS) is 33.6. The predicted octanol–water partition coefficient (Wildman–Crippen LogP) is 1.06. The first kappa shape index (κ1) is 18.1. The van der Waals surface area contributed by atoms with Gasteiger partial charge in [0.25, 0.3) is 0 Å². The molecule has 3 aliphatic rings. The molecular weight excluding hydrogens is 328 g/mol. The minimum atomic E-state index is -3.00. The fourth-order valence-corrected chi connectivity index (χ4v) is 5.87. The number of piperidine rings is 1. The minimum absolute atomic E-state index is 0.0658.